The Kier molecular flexibility index (Phi) is 4.47. The van der Waals surface area contributed by atoms with Crippen molar-refractivity contribution in [3.63, 3.8) is 0 Å². The third-order valence-electron chi connectivity index (χ3n) is 2.49. The fourth-order valence-electron chi connectivity index (χ4n) is 1.48. The van der Waals surface area contributed by atoms with Gasteiger partial charge in [0.25, 0.3) is 0 Å². The lowest BCUT2D eigenvalue weighted by Gasteiger charge is -2.05. The zero-order valence-corrected chi connectivity index (χ0v) is 11.2. The van der Waals surface area contributed by atoms with E-state index in [1.54, 1.807) is 32.2 Å². The van der Waals surface area contributed by atoms with E-state index in [1.165, 1.54) is 5.56 Å². The van der Waals surface area contributed by atoms with Gasteiger partial charge in [0, 0.05) is 16.8 Å². The fourth-order valence-corrected chi connectivity index (χ4v) is 2.34. The molecule has 0 fully saturated rings. The third-order valence-corrected chi connectivity index (χ3v) is 3.52. The molecule has 0 atom stereocenters. The fraction of sp³-hybridized carbons (Fsp3) is 0.214. The summed E-state index contributed by atoms with van der Waals surface area (Å²) in [5.74, 6) is 2.57. The molecule has 1 aromatic carbocycles. The maximum absolute atomic E-state index is 5.14. The topological polar surface area (TPSA) is 31.4 Å². The quantitative estimate of drug-likeness (QED) is 0.772. The van der Waals surface area contributed by atoms with Crippen LogP contribution in [0.2, 0.25) is 0 Å². The smallest absolute Gasteiger partial charge is 0.138 e. The van der Waals surface area contributed by atoms with Gasteiger partial charge in [-0.05, 0) is 23.8 Å². The van der Waals surface area contributed by atoms with Gasteiger partial charge in [0.2, 0.25) is 0 Å². The van der Waals surface area contributed by atoms with Crippen molar-refractivity contribution in [3.05, 3.63) is 48.3 Å². The van der Waals surface area contributed by atoms with Crippen molar-refractivity contribution in [2.24, 2.45) is 0 Å². The maximum atomic E-state index is 5.14. The van der Waals surface area contributed by atoms with Gasteiger partial charge in [-0.25, -0.2) is 0 Å². The molecule has 2 rings (SSSR count). The number of thioether (sulfide) groups is 1. The summed E-state index contributed by atoms with van der Waals surface area (Å²) in [5, 5.41) is 0. The normalized spacial score (nSPS) is 10.1. The van der Waals surface area contributed by atoms with Crippen LogP contribution in [0.5, 0.6) is 11.5 Å². The molecular weight excluding hydrogens is 246 g/mol. The van der Waals surface area contributed by atoms with Gasteiger partial charge >= 0.3 is 0 Å². The molecule has 0 spiro atoms. The van der Waals surface area contributed by atoms with Crippen LogP contribution in [0, 0.1) is 0 Å². The van der Waals surface area contributed by atoms with E-state index < -0.39 is 0 Å². The van der Waals surface area contributed by atoms with Crippen molar-refractivity contribution >= 4 is 11.8 Å². The highest BCUT2D eigenvalue weighted by Crippen LogP contribution is 2.25. The van der Waals surface area contributed by atoms with Gasteiger partial charge in [0.1, 0.15) is 11.5 Å². The average Bonchev–Trinajstić information content (AvgIpc) is 2.46. The van der Waals surface area contributed by atoms with Crippen molar-refractivity contribution < 1.29 is 9.47 Å². The molecule has 94 valence electrons. The lowest BCUT2D eigenvalue weighted by atomic mass is 10.2. The van der Waals surface area contributed by atoms with E-state index in [1.807, 2.05) is 24.4 Å². The molecular formula is C14H15NO2S. The minimum atomic E-state index is 0.787. The summed E-state index contributed by atoms with van der Waals surface area (Å²) in [6.07, 6.45) is 3.55. The number of rotatable bonds is 5. The molecule has 4 heteroatoms. The van der Waals surface area contributed by atoms with Crippen LogP contribution in [0.25, 0.3) is 0 Å². The maximum Gasteiger partial charge on any atom is 0.138 e. The van der Waals surface area contributed by atoms with E-state index in [9.17, 15) is 0 Å². The summed E-state index contributed by atoms with van der Waals surface area (Å²) >= 11 is 1.73. The van der Waals surface area contributed by atoms with Crippen molar-refractivity contribution in [1.82, 2.24) is 4.98 Å². The molecule has 3 nitrogen and oxygen atoms in total. The summed E-state index contributed by atoms with van der Waals surface area (Å²) < 4.78 is 10.3. The number of pyridine rings is 1. The SMILES string of the molecule is COc1ccc(CSc2cncc(OC)c2)cc1. The Hall–Kier alpha value is -1.68. The molecule has 0 bridgehead atoms. The predicted octanol–water partition coefficient (Wildman–Crippen LogP) is 3.39. The van der Waals surface area contributed by atoms with E-state index in [0.717, 1.165) is 22.1 Å². The Morgan fingerprint density at radius 3 is 2.39 bits per heavy atom. The number of hydrogen-bond acceptors (Lipinski definition) is 4. The summed E-state index contributed by atoms with van der Waals surface area (Å²) in [6, 6.07) is 10.1. The lowest BCUT2D eigenvalue weighted by molar-refractivity contribution is 0.411. The molecule has 0 aliphatic rings. The molecule has 1 heterocycles. The zero-order chi connectivity index (χ0) is 12.8. The first kappa shape index (κ1) is 12.8. The standard InChI is InChI=1S/C14H15NO2S/c1-16-12-5-3-11(4-6-12)10-18-14-7-13(17-2)8-15-9-14/h3-9H,10H2,1-2H3. The van der Waals surface area contributed by atoms with E-state index in [2.05, 4.69) is 17.1 Å². The molecule has 0 N–H and O–H groups in total. The second-order valence-corrected chi connectivity index (χ2v) is 4.75. The van der Waals surface area contributed by atoms with Crippen molar-refractivity contribution in [2.45, 2.75) is 10.6 Å². The van der Waals surface area contributed by atoms with E-state index in [4.69, 9.17) is 9.47 Å². The van der Waals surface area contributed by atoms with Crippen molar-refractivity contribution in [3.8, 4) is 11.5 Å². The molecule has 0 aliphatic carbocycles. The highest BCUT2D eigenvalue weighted by Gasteiger charge is 1.99. The van der Waals surface area contributed by atoms with Crippen LogP contribution in [-0.2, 0) is 5.75 Å². The van der Waals surface area contributed by atoms with E-state index >= 15 is 0 Å². The molecule has 0 radical (unpaired) electrons. The number of aromatic nitrogens is 1. The number of methoxy groups -OCH3 is 2. The molecule has 0 unspecified atom stereocenters. The highest BCUT2D eigenvalue weighted by molar-refractivity contribution is 7.98. The van der Waals surface area contributed by atoms with Gasteiger partial charge in [0.05, 0.1) is 20.4 Å². The van der Waals surface area contributed by atoms with Gasteiger partial charge < -0.3 is 9.47 Å². The van der Waals surface area contributed by atoms with Gasteiger partial charge in [-0.2, -0.15) is 0 Å². The first-order valence-electron chi connectivity index (χ1n) is 5.56. The molecule has 0 aliphatic heterocycles. The monoisotopic (exact) mass is 261 g/mol. The summed E-state index contributed by atoms with van der Waals surface area (Å²) in [6.45, 7) is 0. The molecule has 2 aromatic rings. The van der Waals surface area contributed by atoms with Crippen LogP contribution < -0.4 is 9.47 Å². The number of nitrogens with zero attached hydrogens (tertiary/aromatic N) is 1. The summed E-state index contributed by atoms with van der Waals surface area (Å²) in [7, 11) is 3.32. The Morgan fingerprint density at radius 2 is 1.72 bits per heavy atom. The average molecular weight is 261 g/mol. The first-order chi connectivity index (χ1) is 8.81. The summed E-state index contributed by atoms with van der Waals surface area (Å²) in [4.78, 5) is 5.23. The summed E-state index contributed by atoms with van der Waals surface area (Å²) in [5.41, 5.74) is 1.25. The molecule has 0 saturated heterocycles. The second-order valence-electron chi connectivity index (χ2n) is 3.70. The molecule has 18 heavy (non-hydrogen) atoms. The van der Waals surface area contributed by atoms with Crippen LogP contribution in [0.15, 0.2) is 47.6 Å². The third kappa shape index (κ3) is 3.40. The largest absolute Gasteiger partial charge is 0.497 e. The van der Waals surface area contributed by atoms with Gasteiger partial charge in [-0.3, -0.25) is 4.98 Å². The van der Waals surface area contributed by atoms with Gasteiger partial charge in [-0.15, -0.1) is 11.8 Å². The van der Waals surface area contributed by atoms with Crippen LogP contribution in [0.3, 0.4) is 0 Å². The van der Waals surface area contributed by atoms with E-state index in [-0.39, 0.29) is 0 Å². The minimum Gasteiger partial charge on any atom is -0.497 e. The second kappa shape index (κ2) is 6.31. The van der Waals surface area contributed by atoms with Crippen LogP contribution in [-0.4, -0.2) is 19.2 Å². The van der Waals surface area contributed by atoms with Crippen LogP contribution in [0.4, 0.5) is 0 Å². The number of ether oxygens (including phenoxy) is 2. The van der Waals surface area contributed by atoms with Crippen LogP contribution in [0.1, 0.15) is 5.56 Å². The molecule has 0 amide bonds. The Morgan fingerprint density at radius 1 is 1.00 bits per heavy atom. The Bertz CT molecular complexity index is 499. The number of hydrogen-bond donors (Lipinski definition) is 0. The van der Waals surface area contributed by atoms with Crippen molar-refractivity contribution in [1.29, 1.82) is 0 Å². The highest BCUT2D eigenvalue weighted by atomic mass is 32.2. The molecule has 1 aromatic heterocycles. The zero-order valence-electron chi connectivity index (χ0n) is 10.4. The van der Waals surface area contributed by atoms with Crippen LogP contribution >= 0.6 is 11.8 Å². The predicted molar refractivity (Wildman–Crippen MR) is 73.3 cm³/mol. The minimum absolute atomic E-state index is 0.787. The Labute approximate surface area is 111 Å². The van der Waals surface area contributed by atoms with Crippen molar-refractivity contribution in [2.75, 3.05) is 14.2 Å². The number of benzene rings is 1. The van der Waals surface area contributed by atoms with Gasteiger partial charge in [-0.1, -0.05) is 12.1 Å². The van der Waals surface area contributed by atoms with Gasteiger partial charge in [0.15, 0.2) is 0 Å². The first-order valence-corrected chi connectivity index (χ1v) is 6.55. The molecule has 0 saturated carbocycles. The Balaban J connectivity index is 1.97. The van der Waals surface area contributed by atoms with E-state index in [0.29, 0.717) is 0 Å². The lowest BCUT2D eigenvalue weighted by Crippen LogP contribution is -1.86.